The average molecular weight is 353 g/mol. The van der Waals surface area contributed by atoms with Gasteiger partial charge in [-0.3, -0.25) is 14.5 Å². The fraction of sp³-hybridized carbons (Fsp3) is 0.333. The van der Waals surface area contributed by atoms with Crippen molar-refractivity contribution >= 4 is 17.5 Å². The van der Waals surface area contributed by atoms with E-state index in [4.69, 9.17) is 0 Å². The molecule has 0 aromatic heterocycles. The minimum Gasteiger partial charge on any atom is -0.355 e. The highest BCUT2D eigenvalue weighted by Gasteiger charge is 2.22. The van der Waals surface area contributed by atoms with Gasteiger partial charge in [-0.15, -0.1) is 0 Å². The second-order valence-electron chi connectivity index (χ2n) is 6.09. The van der Waals surface area contributed by atoms with E-state index in [2.05, 4.69) is 10.6 Å². The summed E-state index contributed by atoms with van der Waals surface area (Å²) in [6.07, 6.45) is 0. The Morgan fingerprint density at radius 1 is 1.00 bits per heavy atom. The largest absolute Gasteiger partial charge is 0.355 e. The summed E-state index contributed by atoms with van der Waals surface area (Å²) in [5.41, 5.74) is 2.79. The fourth-order valence-corrected chi connectivity index (χ4v) is 2.82. The van der Waals surface area contributed by atoms with Crippen molar-refractivity contribution in [1.82, 2.24) is 10.2 Å². The van der Waals surface area contributed by atoms with Crippen LogP contribution in [0.2, 0.25) is 0 Å². The Bertz CT molecular complexity index is 731. The number of nitrogens with one attached hydrogen (secondary N) is 2. The molecule has 0 heterocycles. The monoisotopic (exact) mass is 353 g/mol. The number of hydrogen-bond donors (Lipinski definition) is 2. The van der Waals surface area contributed by atoms with Gasteiger partial charge in [-0.25, -0.2) is 0 Å². The molecule has 0 radical (unpaired) electrons. The highest BCUT2D eigenvalue weighted by atomic mass is 16.2. The van der Waals surface area contributed by atoms with Crippen LogP contribution < -0.4 is 10.6 Å². The average Bonchev–Trinajstić information content (AvgIpc) is 2.67. The molecule has 5 nitrogen and oxygen atoms in total. The van der Waals surface area contributed by atoms with Crippen LogP contribution in [-0.2, 0) is 9.59 Å². The number of anilines is 1. The second-order valence-corrected chi connectivity index (χ2v) is 6.09. The lowest BCUT2D eigenvalue weighted by atomic mass is 10.0. The predicted octanol–water partition coefficient (Wildman–Crippen LogP) is 3.14. The number of carbonyl (C=O) groups is 2. The lowest BCUT2D eigenvalue weighted by Gasteiger charge is -2.26. The van der Waals surface area contributed by atoms with E-state index in [1.54, 1.807) is 0 Å². The summed E-state index contributed by atoms with van der Waals surface area (Å²) in [6.45, 7) is 7.06. The topological polar surface area (TPSA) is 61.4 Å². The normalized spacial score (nSPS) is 11.8. The zero-order chi connectivity index (χ0) is 18.9. The maximum absolute atomic E-state index is 12.8. The summed E-state index contributed by atoms with van der Waals surface area (Å²) >= 11 is 0. The maximum Gasteiger partial charge on any atom is 0.241 e. The third-order valence-corrected chi connectivity index (χ3v) is 4.32. The van der Waals surface area contributed by atoms with Crippen molar-refractivity contribution in [2.75, 3.05) is 25.0 Å². The molecule has 0 bridgehead atoms. The van der Waals surface area contributed by atoms with Crippen LogP contribution >= 0.6 is 0 Å². The SMILES string of the molecule is CCNC(=O)CN(CC)[C@H](C)C(=O)Nc1ccccc1-c1ccccc1. The quantitative estimate of drug-likeness (QED) is 0.766. The molecule has 2 aromatic rings. The molecule has 5 heteroatoms. The zero-order valence-electron chi connectivity index (χ0n) is 15.7. The Balaban J connectivity index is 2.13. The second kappa shape index (κ2) is 9.73. The van der Waals surface area contributed by atoms with Gasteiger partial charge in [0, 0.05) is 17.8 Å². The van der Waals surface area contributed by atoms with E-state index in [1.165, 1.54) is 0 Å². The Morgan fingerprint density at radius 2 is 1.65 bits per heavy atom. The van der Waals surface area contributed by atoms with Gasteiger partial charge in [0.05, 0.1) is 12.6 Å². The molecule has 138 valence electrons. The number of hydrogen-bond acceptors (Lipinski definition) is 3. The van der Waals surface area contributed by atoms with Crippen molar-refractivity contribution in [3.63, 3.8) is 0 Å². The smallest absolute Gasteiger partial charge is 0.241 e. The van der Waals surface area contributed by atoms with E-state index < -0.39 is 6.04 Å². The highest BCUT2D eigenvalue weighted by Crippen LogP contribution is 2.27. The van der Waals surface area contributed by atoms with Crippen molar-refractivity contribution < 1.29 is 9.59 Å². The first kappa shape index (κ1) is 19.7. The van der Waals surface area contributed by atoms with Crippen molar-refractivity contribution in [3.05, 3.63) is 54.6 Å². The summed E-state index contributed by atoms with van der Waals surface area (Å²) in [5.74, 6) is -0.196. The number of amides is 2. The van der Waals surface area contributed by atoms with Crippen LogP contribution in [0.25, 0.3) is 11.1 Å². The standard InChI is InChI=1S/C21H27N3O2/c1-4-22-20(25)15-24(5-2)16(3)21(26)23-19-14-10-9-13-18(19)17-11-7-6-8-12-17/h6-14,16H,4-5,15H2,1-3H3,(H,22,25)(H,23,26)/t16-/m1/s1. The van der Waals surface area contributed by atoms with Crippen LogP contribution in [0.4, 0.5) is 5.69 Å². The Hall–Kier alpha value is -2.66. The molecule has 0 aliphatic heterocycles. The van der Waals surface area contributed by atoms with E-state index >= 15 is 0 Å². The molecule has 2 N–H and O–H groups in total. The van der Waals surface area contributed by atoms with Crippen molar-refractivity contribution in [2.45, 2.75) is 26.8 Å². The molecular weight excluding hydrogens is 326 g/mol. The van der Waals surface area contributed by atoms with E-state index in [1.807, 2.05) is 80.3 Å². The molecule has 2 rings (SSSR count). The van der Waals surface area contributed by atoms with Gasteiger partial charge >= 0.3 is 0 Å². The van der Waals surface area contributed by atoms with E-state index in [9.17, 15) is 9.59 Å². The predicted molar refractivity (Wildman–Crippen MR) is 106 cm³/mol. The van der Waals surface area contributed by atoms with Crippen LogP contribution in [0.1, 0.15) is 20.8 Å². The molecular formula is C21H27N3O2. The molecule has 0 aliphatic rings. The minimum absolute atomic E-state index is 0.0707. The van der Waals surface area contributed by atoms with E-state index in [0.29, 0.717) is 13.1 Å². The van der Waals surface area contributed by atoms with Crippen LogP contribution in [0.3, 0.4) is 0 Å². The first-order valence-corrected chi connectivity index (χ1v) is 9.02. The third-order valence-electron chi connectivity index (χ3n) is 4.32. The van der Waals surface area contributed by atoms with Crippen LogP contribution in [-0.4, -0.2) is 42.4 Å². The Kier molecular flexibility index (Phi) is 7.36. The number of nitrogens with zero attached hydrogens (tertiary/aromatic N) is 1. The molecule has 0 saturated carbocycles. The Labute approximate surface area is 155 Å². The molecule has 2 aromatic carbocycles. The number of para-hydroxylation sites is 1. The first-order valence-electron chi connectivity index (χ1n) is 9.02. The summed E-state index contributed by atoms with van der Waals surface area (Å²) in [6, 6.07) is 17.3. The number of likely N-dealkylation sites (N-methyl/N-ethyl adjacent to an activating group) is 2. The number of rotatable bonds is 8. The van der Waals surface area contributed by atoms with Crippen LogP contribution in [0.15, 0.2) is 54.6 Å². The van der Waals surface area contributed by atoms with Gasteiger partial charge in [-0.1, -0.05) is 55.5 Å². The van der Waals surface area contributed by atoms with Gasteiger partial charge in [-0.05, 0) is 32.0 Å². The molecule has 1 atom stereocenters. The summed E-state index contributed by atoms with van der Waals surface area (Å²) in [7, 11) is 0. The van der Waals surface area contributed by atoms with Crippen LogP contribution in [0.5, 0.6) is 0 Å². The maximum atomic E-state index is 12.8. The van der Waals surface area contributed by atoms with Crippen LogP contribution in [0, 0.1) is 0 Å². The van der Waals surface area contributed by atoms with Crippen molar-refractivity contribution in [2.24, 2.45) is 0 Å². The summed E-state index contributed by atoms with van der Waals surface area (Å²) < 4.78 is 0. The van der Waals surface area contributed by atoms with Gasteiger partial charge in [-0.2, -0.15) is 0 Å². The molecule has 0 saturated heterocycles. The number of carbonyl (C=O) groups excluding carboxylic acids is 2. The lowest BCUT2D eigenvalue weighted by molar-refractivity contribution is -0.125. The summed E-state index contributed by atoms with van der Waals surface area (Å²) in [4.78, 5) is 26.5. The highest BCUT2D eigenvalue weighted by molar-refractivity contribution is 5.98. The Morgan fingerprint density at radius 3 is 2.31 bits per heavy atom. The lowest BCUT2D eigenvalue weighted by Crippen LogP contribution is -2.46. The molecule has 0 fully saturated rings. The third kappa shape index (κ3) is 5.17. The van der Waals surface area contributed by atoms with Gasteiger partial charge in [0.25, 0.3) is 0 Å². The molecule has 0 aliphatic carbocycles. The first-order chi connectivity index (χ1) is 12.6. The van der Waals surface area contributed by atoms with Crippen molar-refractivity contribution in [1.29, 1.82) is 0 Å². The molecule has 0 spiro atoms. The number of benzene rings is 2. The molecule has 26 heavy (non-hydrogen) atoms. The molecule has 0 unspecified atom stereocenters. The summed E-state index contributed by atoms with van der Waals surface area (Å²) in [5, 5.41) is 5.79. The van der Waals surface area contributed by atoms with Gasteiger partial charge in [0.2, 0.25) is 11.8 Å². The zero-order valence-corrected chi connectivity index (χ0v) is 15.7. The van der Waals surface area contributed by atoms with Gasteiger partial charge in [0.1, 0.15) is 0 Å². The van der Waals surface area contributed by atoms with E-state index in [-0.39, 0.29) is 18.4 Å². The van der Waals surface area contributed by atoms with E-state index in [0.717, 1.165) is 16.8 Å². The molecule has 2 amide bonds. The fourth-order valence-electron chi connectivity index (χ4n) is 2.82. The van der Waals surface area contributed by atoms with Gasteiger partial charge < -0.3 is 10.6 Å². The van der Waals surface area contributed by atoms with Crippen molar-refractivity contribution in [3.8, 4) is 11.1 Å². The minimum atomic E-state index is -0.411. The van der Waals surface area contributed by atoms with Gasteiger partial charge in [0.15, 0.2) is 0 Å².